The molecule has 0 spiro atoms. The van der Waals surface area contributed by atoms with Crippen LogP contribution >= 0.6 is 12.4 Å². The minimum absolute atomic E-state index is 0. The molecule has 2 atom stereocenters. The van der Waals surface area contributed by atoms with Gasteiger partial charge in [0.2, 0.25) is 0 Å². The maximum absolute atomic E-state index is 10.8. The maximum Gasteiger partial charge on any atom is 0.0942 e. The van der Waals surface area contributed by atoms with Crippen LogP contribution in [0, 0.1) is 0 Å². The minimum Gasteiger partial charge on any atom is -0.387 e. The quantitative estimate of drug-likeness (QED) is 0.645. The van der Waals surface area contributed by atoms with Crippen LogP contribution in [-0.2, 0) is 0 Å². The van der Waals surface area contributed by atoms with Gasteiger partial charge in [0.1, 0.15) is 0 Å². The van der Waals surface area contributed by atoms with Crippen molar-refractivity contribution in [1.29, 1.82) is 0 Å². The first-order valence-corrected chi connectivity index (χ1v) is 8.49. The van der Waals surface area contributed by atoms with E-state index in [0.29, 0.717) is 0 Å². The van der Waals surface area contributed by atoms with Crippen LogP contribution in [-0.4, -0.2) is 29.1 Å². The summed E-state index contributed by atoms with van der Waals surface area (Å²) < 4.78 is 0. The van der Waals surface area contributed by atoms with E-state index >= 15 is 0 Å². The van der Waals surface area contributed by atoms with Gasteiger partial charge in [-0.15, -0.1) is 12.4 Å². The Balaban J connectivity index is 0.00000208. The molecule has 128 valence electrons. The molecule has 0 saturated heterocycles. The van der Waals surface area contributed by atoms with Crippen molar-refractivity contribution in [3.05, 3.63) is 60.2 Å². The Labute approximate surface area is 150 Å². The average molecular weight is 344 g/mol. The van der Waals surface area contributed by atoms with Crippen molar-refractivity contribution in [3.8, 4) is 0 Å². The molecule has 0 amide bonds. The van der Waals surface area contributed by atoms with E-state index in [4.69, 9.17) is 0 Å². The topological polar surface area (TPSA) is 23.5 Å². The summed E-state index contributed by atoms with van der Waals surface area (Å²) in [5.74, 6) is 0. The molecule has 0 aromatic heterocycles. The van der Waals surface area contributed by atoms with Crippen LogP contribution in [0.4, 0.5) is 0 Å². The molecule has 3 aromatic rings. The van der Waals surface area contributed by atoms with Crippen LogP contribution in [0.15, 0.2) is 54.6 Å². The Morgan fingerprint density at radius 3 is 2.12 bits per heavy atom. The molecule has 0 saturated carbocycles. The van der Waals surface area contributed by atoms with Gasteiger partial charge in [-0.05, 0) is 53.2 Å². The zero-order valence-electron chi connectivity index (χ0n) is 14.6. The van der Waals surface area contributed by atoms with Gasteiger partial charge in [0.05, 0.1) is 6.10 Å². The molecule has 24 heavy (non-hydrogen) atoms. The van der Waals surface area contributed by atoms with Crippen molar-refractivity contribution in [3.63, 3.8) is 0 Å². The molecule has 0 bridgehead atoms. The number of halogens is 1. The first-order chi connectivity index (χ1) is 11.2. The summed E-state index contributed by atoms with van der Waals surface area (Å²) >= 11 is 0. The maximum atomic E-state index is 10.8. The highest BCUT2D eigenvalue weighted by atomic mass is 35.5. The molecule has 2 nitrogen and oxygen atoms in total. The summed E-state index contributed by atoms with van der Waals surface area (Å²) in [5, 5.41) is 15.7. The molecular formula is C21H26ClNO. The number of aliphatic hydroxyl groups is 1. The van der Waals surface area contributed by atoms with Crippen LogP contribution in [0.25, 0.3) is 21.5 Å². The molecule has 3 heteroatoms. The van der Waals surface area contributed by atoms with Crippen molar-refractivity contribution < 1.29 is 5.11 Å². The number of fused-ring (bicyclic) bond motifs is 3. The van der Waals surface area contributed by atoms with E-state index in [-0.39, 0.29) is 18.4 Å². The average Bonchev–Trinajstić information content (AvgIpc) is 2.61. The first-order valence-electron chi connectivity index (χ1n) is 8.49. The highest BCUT2D eigenvalue weighted by Gasteiger charge is 2.21. The fraction of sp³-hybridized carbons (Fsp3) is 0.333. The standard InChI is InChI=1S/C21H25NO.ClH/c1-4-22(5-2)15(3)21(23)18-13-12-17-11-10-16-8-6-7-9-19(16)20(17)14-18;/h6-15,21,23H,4-5H2,1-3H3;1H. The van der Waals surface area contributed by atoms with E-state index in [2.05, 4.69) is 80.3 Å². The van der Waals surface area contributed by atoms with Crippen LogP contribution in [0.3, 0.4) is 0 Å². The largest absolute Gasteiger partial charge is 0.387 e. The number of hydrogen-bond donors (Lipinski definition) is 1. The summed E-state index contributed by atoms with van der Waals surface area (Å²) in [6.45, 7) is 8.28. The Hall–Kier alpha value is -1.61. The van der Waals surface area contributed by atoms with Crippen molar-refractivity contribution >= 4 is 34.0 Å². The lowest BCUT2D eigenvalue weighted by atomic mass is 9.96. The van der Waals surface area contributed by atoms with Crippen molar-refractivity contribution in [2.75, 3.05) is 13.1 Å². The number of rotatable bonds is 5. The Morgan fingerprint density at radius 1 is 0.875 bits per heavy atom. The molecule has 0 heterocycles. The second kappa shape index (κ2) is 7.98. The Morgan fingerprint density at radius 2 is 1.46 bits per heavy atom. The zero-order chi connectivity index (χ0) is 16.4. The zero-order valence-corrected chi connectivity index (χ0v) is 15.4. The van der Waals surface area contributed by atoms with Gasteiger partial charge in [0.15, 0.2) is 0 Å². The van der Waals surface area contributed by atoms with E-state index in [1.54, 1.807) is 0 Å². The third kappa shape index (κ3) is 3.41. The van der Waals surface area contributed by atoms with E-state index in [1.807, 2.05) is 0 Å². The van der Waals surface area contributed by atoms with E-state index in [9.17, 15) is 5.11 Å². The third-order valence-electron chi connectivity index (χ3n) is 4.96. The molecule has 0 aliphatic rings. The molecule has 3 rings (SSSR count). The Kier molecular flexibility index (Phi) is 6.22. The predicted molar refractivity (Wildman–Crippen MR) is 106 cm³/mol. The number of aliphatic hydroxyl groups excluding tert-OH is 1. The van der Waals surface area contributed by atoms with Gasteiger partial charge in [-0.3, -0.25) is 4.90 Å². The molecule has 0 radical (unpaired) electrons. The second-order valence-electron chi connectivity index (χ2n) is 6.17. The normalized spacial score (nSPS) is 13.9. The fourth-order valence-electron chi connectivity index (χ4n) is 3.48. The monoisotopic (exact) mass is 343 g/mol. The van der Waals surface area contributed by atoms with Gasteiger partial charge < -0.3 is 5.11 Å². The van der Waals surface area contributed by atoms with Crippen LogP contribution in [0.5, 0.6) is 0 Å². The van der Waals surface area contributed by atoms with Gasteiger partial charge in [-0.25, -0.2) is 0 Å². The second-order valence-corrected chi connectivity index (χ2v) is 6.17. The van der Waals surface area contributed by atoms with Crippen LogP contribution < -0.4 is 0 Å². The summed E-state index contributed by atoms with van der Waals surface area (Å²) in [7, 11) is 0. The summed E-state index contributed by atoms with van der Waals surface area (Å²) in [6, 6.07) is 19.2. The van der Waals surface area contributed by atoms with Gasteiger partial charge in [0, 0.05) is 6.04 Å². The molecular weight excluding hydrogens is 318 g/mol. The Bertz CT molecular complexity index is 813. The molecule has 2 unspecified atom stereocenters. The summed E-state index contributed by atoms with van der Waals surface area (Å²) in [5.41, 5.74) is 0.994. The summed E-state index contributed by atoms with van der Waals surface area (Å²) in [4.78, 5) is 2.29. The van der Waals surface area contributed by atoms with Crippen molar-refractivity contribution in [2.24, 2.45) is 0 Å². The molecule has 1 N–H and O–H groups in total. The van der Waals surface area contributed by atoms with Gasteiger partial charge >= 0.3 is 0 Å². The predicted octanol–water partition coefficient (Wildman–Crippen LogP) is 5.18. The molecule has 0 aliphatic heterocycles. The van der Waals surface area contributed by atoms with Crippen LogP contribution in [0.1, 0.15) is 32.4 Å². The molecule has 0 aliphatic carbocycles. The lowest BCUT2D eigenvalue weighted by Crippen LogP contribution is -2.37. The highest BCUT2D eigenvalue weighted by molar-refractivity contribution is 6.07. The minimum atomic E-state index is -0.474. The van der Waals surface area contributed by atoms with Crippen molar-refractivity contribution in [2.45, 2.75) is 32.9 Å². The van der Waals surface area contributed by atoms with Gasteiger partial charge in [0.25, 0.3) is 0 Å². The van der Waals surface area contributed by atoms with E-state index < -0.39 is 6.10 Å². The number of likely N-dealkylation sites (N-methyl/N-ethyl adjacent to an activating group) is 1. The third-order valence-corrected chi connectivity index (χ3v) is 4.96. The number of benzene rings is 3. The van der Waals surface area contributed by atoms with Crippen molar-refractivity contribution in [1.82, 2.24) is 4.90 Å². The molecule has 0 fully saturated rings. The smallest absolute Gasteiger partial charge is 0.0942 e. The fourth-order valence-corrected chi connectivity index (χ4v) is 3.48. The van der Waals surface area contributed by atoms with E-state index in [0.717, 1.165) is 18.7 Å². The van der Waals surface area contributed by atoms with Crippen LogP contribution in [0.2, 0.25) is 0 Å². The lowest BCUT2D eigenvalue weighted by Gasteiger charge is -2.30. The number of nitrogens with zero attached hydrogens (tertiary/aromatic N) is 1. The van der Waals surface area contributed by atoms with Gasteiger partial charge in [-0.1, -0.05) is 62.4 Å². The lowest BCUT2D eigenvalue weighted by molar-refractivity contribution is 0.0639. The van der Waals surface area contributed by atoms with E-state index in [1.165, 1.54) is 21.5 Å². The highest BCUT2D eigenvalue weighted by Crippen LogP contribution is 2.29. The SMILES string of the molecule is CCN(CC)C(C)C(O)c1ccc2ccc3ccccc3c2c1.Cl. The molecule has 3 aromatic carbocycles. The summed E-state index contributed by atoms with van der Waals surface area (Å²) in [6.07, 6.45) is -0.474. The van der Waals surface area contributed by atoms with Gasteiger partial charge in [-0.2, -0.15) is 0 Å². The number of hydrogen-bond acceptors (Lipinski definition) is 2. The first kappa shape index (κ1) is 18.7.